The third-order valence-corrected chi connectivity index (χ3v) is 3.88. The maximum Gasteiger partial charge on any atom is 0.0247 e. The molecular weight excluding hydrogens is 307 g/mol. The van der Waals surface area contributed by atoms with Crippen LogP contribution < -0.4 is 0 Å². The van der Waals surface area contributed by atoms with Crippen molar-refractivity contribution in [2.45, 2.75) is 56.3 Å². The Hall–Kier alpha value is -0.0500. The molecule has 0 saturated carbocycles. The molecule has 0 heterocycles. The van der Waals surface area contributed by atoms with Gasteiger partial charge in [-0.2, -0.15) is 0 Å². The van der Waals surface area contributed by atoms with E-state index in [0.717, 1.165) is 4.43 Å². The second kappa shape index (κ2) is 9.03. The van der Waals surface area contributed by atoms with Crippen molar-refractivity contribution in [3.8, 4) is 0 Å². The standard InChI is InChI=1S/C15H23I/c1-2-3-4-5-6-7-8-14-9-11-15(13-16)12-10-14/h9-12H,2-8,13H2,1H3. The van der Waals surface area contributed by atoms with Crippen molar-refractivity contribution in [1.82, 2.24) is 0 Å². The lowest BCUT2D eigenvalue weighted by Crippen LogP contribution is -1.87. The van der Waals surface area contributed by atoms with Crippen molar-refractivity contribution in [2.75, 3.05) is 0 Å². The van der Waals surface area contributed by atoms with Crippen molar-refractivity contribution < 1.29 is 0 Å². The van der Waals surface area contributed by atoms with Gasteiger partial charge in [-0.3, -0.25) is 0 Å². The number of hydrogen-bond acceptors (Lipinski definition) is 0. The van der Waals surface area contributed by atoms with Gasteiger partial charge in [0.25, 0.3) is 0 Å². The predicted molar refractivity (Wildman–Crippen MR) is 81.2 cm³/mol. The van der Waals surface area contributed by atoms with Crippen molar-refractivity contribution in [1.29, 1.82) is 0 Å². The molecule has 1 heteroatoms. The molecule has 0 aromatic heterocycles. The first-order valence-corrected chi connectivity index (χ1v) is 8.03. The monoisotopic (exact) mass is 330 g/mol. The van der Waals surface area contributed by atoms with E-state index in [2.05, 4.69) is 53.8 Å². The Kier molecular flexibility index (Phi) is 7.91. The van der Waals surface area contributed by atoms with Gasteiger partial charge >= 0.3 is 0 Å². The van der Waals surface area contributed by atoms with Gasteiger partial charge in [-0.05, 0) is 24.0 Å². The van der Waals surface area contributed by atoms with Gasteiger partial charge < -0.3 is 0 Å². The highest BCUT2D eigenvalue weighted by Crippen LogP contribution is 2.12. The van der Waals surface area contributed by atoms with Gasteiger partial charge in [0.1, 0.15) is 0 Å². The zero-order valence-electron chi connectivity index (χ0n) is 10.3. The fraction of sp³-hybridized carbons (Fsp3) is 0.600. The second-order valence-electron chi connectivity index (χ2n) is 4.47. The Morgan fingerprint density at radius 1 is 0.812 bits per heavy atom. The third-order valence-electron chi connectivity index (χ3n) is 3.00. The summed E-state index contributed by atoms with van der Waals surface area (Å²) in [6.45, 7) is 2.27. The summed E-state index contributed by atoms with van der Waals surface area (Å²) >= 11 is 2.41. The SMILES string of the molecule is CCCCCCCCc1ccc(CI)cc1. The molecule has 1 aromatic carbocycles. The smallest absolute Gasteiger partial charge is 0.0247 e. The molecule has 0 N–H and O–H groups in total. The summed E-state index contributed by atoms with van der Waals surface area (Å²) in [7, 11) is 0. The van der Waals surface area contributed by atoms with Crippen LogP contribution in [0.5, 0.6) is 0 Å². The van der Waals surface area contributed by atoms with Crippen LogP contribution in [0.1, 0.15) is 56.6 Å². The molecule has 0 bridgehead atoms. The van der Waals surface area contributed by atoms with E-state index in [4.69, 9.17) is 0 Å². The number of alkyl halides is 1. The maximum atomic E-state index is 2.41. The summed E-state index contributed by atoms with van der Waals surface area (Å²) in [6.07, 6.45) is 9.60. The molecular formula is C15H23I. The molecule has 0 radical (unpaired) electrons. The Balaban J connectivity index is 2.12. The average molecular weight is 330 g/mol. The van der Waals surface area contributed by atoms with E-state index in [1.54, 1.807) is 0 Å². The van der Waals surface area contributed by atoms with E-state index in [9.17, 15) is 0 Å². The molecule has 90 valence electrons. The topological polar surface area (TPSA) is 0 Å². The number of halogens is 1. The molecule has 1 aromatic rings. The first kappa shape index (κ1) is 14.0. The fourth-order valence-electron chi connectivity index (χ4n) is 1.90. The van der Waals surface area contributed by atoms with E-state index in [-0.39, 0.29) is 0 Å². The van der Waals surface area contributed by atoms with Gasteiger partial charge in [0.15, 0.2) is 0 Å². The van der Waals surface area contributed by atoms with E-state index in [0.29, 0.717) is 0 Å². The largest absolute Gasteiger partial charge is 0.0812 e. The quantitative estimate of drug-likeness (QED) is 0.334. The van der Waals surface area contributed by atoms with Crippen LogP contribution in [-0.2, 0) is 10.8 Å². The predicted octanol–water partition coefficient (Wildman–Crippen LogP) is 5.52. The first-order valence-electron chi connectivity index (χ1n) is 6.50. The minimum atomic E-state index is 1.12. The van der Waals surface area contributed by atoms with Gasteiger partial charge in [-0.25, -0.2) is 0 Å². The lowest BCUT2D eigenvalue weighted by atomic mass is 10.0. The molecule has 0 aliphatic carbocycles. The lowest BCUT2D eigenvalue weighted by molar-refractivity contribution is 0.607. The van der Waals surface area contributed by atoms with Crippen LogP contribution in [0.25, 0.3) is 0 Å². The Labute approximate surface area is 114 Å². The normalized spacial score (nSPS) is 10.6. The minimum absolute atomic E-state index is 1.12. The first-order chi connectivity index (χ1) is 7.86. The molecule has 0 fully saturated rings. The van der Waals surface area contributed by atoms with E-state index in [1.807, 2.05) is 0 Å². The van der Waals surface area contributed by atoms with Crippen LogP contribution in [0.3, 0.4) is 0 Å². The van der Waals surface area contributed by atoms with E-state index >= 15 is 0 Å². The van der Waals surface area contributed by atoms with Gasteiger partial charge in [-0.15, -0.1) is 0 Å². The number of rotatable bonds is 8. The third kappa shape index (κ3) is 5.88. The highest BCUT2D eigenvalue weighted by molar-refractivity contribution is 14.1. The Morgan fingerprint density at radius 3 is 2.00 bits per heavy atom. The van der Waals surface area contributed by atoms with Crippen LogP contribution in [0.2, 0.25) is 0 Å². The molecule has 0 atom stereocenters. The minimum Gasteiger partial charge on any atom is -0.0812 e. The number of hydrogen-bond donors (Lipinski definition) is 0. The van der Waals surface area contributed by atoms with Crippen molar-refractivity contribution in [3.63, 3.8) is 0 Å². The maximum absolute atomic E-state index is 2.41. The van der Waals surface area contributed by atoms with Crippen LogP contribution >= 0.6 is 22.6 Å². The molecule has 0 aliphatic heterocycles. The lowest BCUT2D eigenvalue weighted by Gasteiger charge is -2.03. The van der Waals surface area contributed by atoms with Gasteiger partial charge in [-0.1, -0.05) is 85.9 Å². The molecule has 0 aliphatic rings. The van der Waals surface area contributed by atoms with Crippen LogP contribution in [0.4, 0.5) is 0 Å². The van der Waals surface area contributed by atoms with E-state index < -0.39 is 0 Å². The fourth-order valence-corrected chi connectivity index (χ4v) is 2.41. The van der Waals surface area contributed by atoms with Crippen LogP contribution in [0.15, 0.2) is 24.3 Å². The molecule has 0 unspecified atom stereocenters. The Bertz CT molecular complexity index is 263. The summed E-state index contributed by atoms with van der Waals surface area (Å²) in [5.41, 5.74) is 2.94. The molecule has 16 heavy (non-hydrogen) atoms. The summed E-state index contributed by atoms with van der Waals surface area (Å²) < 4.78 is 1.12. The Morgan fingerprint density at radius 2 is 1.38 bits per heavy atom. The van der Waals surface area contributed by atoms with Gasteiger partial charge in [0.05, 0.1) is 0 Å². The zero-order valence-corrected chi connectivity index (χ0v) is 12.5. The van der Waals surface area contributed by atoms with E-state index in [1.165, 1.54) is 56.1 Å². The highest BCUT2D eigenvalue weighted by Gasteiger charge is 1.95. The van der Waals surface area contributed by atoms with Gasteiger partial charge in [0.2, 0.25) is 0 Å². The average Bonchev–Trinajstić information content (AvgIpc) is 2.34. The number of benzene rings is 1. The molecule has 0 spiro atoms. The number of unbranched alkanes of at least 4 members (excludes halogenated alkanes) is 5. The summed E-state index contributed by atoms with van der Waals surface area (Å²) in [5.74, 6) is 0. The molecule has 1 rings (SSSR count). The van der Waals surface area contributed by atoms with Crippen LogP contribution in [-0.4, -0.2) is 0 Å². The van der Waals surface area contributed by atoms with Crippen molar-refractivity contribution in [3.05, 3.63) is 35.4 Å². The molecule has 0 amide bonds. The number of aryl methyl sites for hydroxylation is 1. The molecule has 0 saturated heterocycles. The summed E-state index contributed by atoms with van der Waals surface area (Å²) in [4.78, 5) is 0. The van der Waals surface area contributed by atoms with Crippen molar-refractivity contribution in [2.24, 2.45) is 0 Å². The summed E-state index contributed by atoms with van der Waals surface area (Å²) in [5, 5.41) is 0. The zero-order chi connectivity index (χ0) is 11.6. The van der Waals surface area contributed by atoms with Crippen molar-refractivity contribution >= 4 is 22.6 Å². The van der Waals surface area contributed by atoms with Crippen LogP contribution in [0, 0.1) is 0 Å². The van der Waals surface area contributed by atoms with Gasteiger partial charge in [0, 0.05) is 4.43 Å². The summed E-state index contributed by atoms with van der Waals surface area (Å²) in [6, 6.07) is 9.11. The molecule has 0 nitrogen and oxygen atoms in total. The highest BCUT2D eigenvalue weighted by atomic mass is 127. The second-order valence-corrected chi connectivity index (χ2v) is 5.23.